The van der Waals surface area contributed by atoms with Crippen molar-refractivity contribution in [1.82, 2.24) is 9.62 Å². The lowest BCUT2D eigenvalue weighted by molar-refractivity contribution is -0.168. The number of nitrogens with zero attached hydrogens (tertiary/aromatic N) is 1. The van der Waals surface area contributed by atoms with E-state index in [1.165, 1.54) is 23.5 Å². The molecule has 1 saturated carbocycles. The number of aliphatic hydroxyl groups is 1. The lowest BCUT2D eigenvalue weighted by Gasteiger charge is -2.30. The summed E-state index contributed by atoms with van der Waals surface area (Å²) in [6, 6.07) is 14.6. The minimum Gasteiger partial charge on any atom is -0.497 e. The molecule has 0 radical (unpaired) electrons. The SMILES string of the molecule is COc1ccc(S(=O)(=O)N(CC(C)C)C[C@@H](O)[C@H](Cc2ccccc2)NC(=O)OCO[C@H]2C[C@H]3OCC4(CC[C@H](OC)O4)[C@H]3C2)cc1. The van der Waals surface area contributed by atoms with E-state index in [0.717, 1.165) is 24.8 Å². The number of rotatable bonds is 15. The molecule has 1 spiro atoms. The van der Waals surface area contributed by atoms with Crippen LogP contribution in [0.4, 0.5) is 4.79 Å². The molecule has 2 heterocycles. The lowest BCUT2D eigenvalue weighted by atomic mass is 9.85. The molecule has 0 aromatic heterocycles. The Morgan fingerprint density at radius 2 is 1.83 bits per heavy atom. The molecular weight excluding hydrogens is 628 g/mol. The zero-order chi connectivity index (χ0) is 33.6. The number of methoxy groups -OCH3 is 2. The second-order valence-corrected chi connectivity index (χ2v) is 15.0. The summed E-state index contributed by atoms with van der Waals surface area (Å²) in [5.74, 6) is 0.704. The van der Waals surface area contributed by atoms with Crippen LogP contribution in [0.3, 0.4) is 0 Å². The summed E-state index contributed by atoms with van der Waals surface area (Å²) < 4.78 is 62.8. The average Bonchev–Trinajstić information content (AvgIpc) is 3.76. The van der Waals surface area contributed by atoms with Crippen molar-refractivity contribution in [2.75, 3.05) is 40.7 Å². The van der Waals surface area contributed by atoms with Crippen LogP contribution < -0.4 is 10.1 Å². The highest BCUT2D eigenvalue weighted by molar-refractivity contribution is 7.89. The Morgan fingerprint density at radius 1 is 1.09 bits per heavy atom. The molecule has 2 N–H and O–H groups in total. The molecule has 0 bridgehead atoms. The van der Waals surface area contributed by atoms with Crippen LogP contribution in [0.1, 0.15) is 45.1 Å². The quantitative estimate of drug-likeness (QED) is 0.268. The molecule has 3 aliphatic rings. The van der Waals surface area contributed by atoms with E-state index in [9.17, 15) is 18.3 Å². The maximum absolute atomic E-state index is 13.7. The van der Waals surface area contributed by atoms with Gasteiger partial charge in [-0.15, -0.1) is 0 Å². The number of carbonyl (C=O) groups excluding carboxylic acids is 1. The van der Waals surface area contributed by atoms with Gasteiger partial charge < -0.3 is 38.8 Å². The highest BCUT2D eigenvalue weighted by atomic mass is 32.2. The number of ether oxygens (including phenoxy) is 6. The first-order chi connectivity index (χ1) is 22.5. The maximum Gasteiger partial charge on any atom is 0.409 e. The van der Waals surface area contributed by atoms with E-state index in [1.807, 2.05) is 44.2 Å². The van der Waals surface area contributed by atoms with Crippen LogP contribution in [0.15, 0.2) is 59.5 Å². The number of sulfonamides is 1. The summed E-state index contributed by atoms with van der Waals surface area (Å²) in [6.45, 7) is 4.02. The summed E-state index contributed by atoms with van der Waals surface area (Å²) in [6.07, 6.45) is 1.00. The Labute approximate surface area is 277 Å². The maximum atomic E-state index is 13.7. The first-order valence-corrected chi connectivity index (χ1v) is 17.7. The number of alkyl carbamates (subject to hydrolysis) is 1. The largest absolute Gasteiger partial charge is 0.497 e. The van der Waals surface area contributed by atoms with Crippen LogP contribution in [0, 0.1) is 11.8 Å². The van der Waals surface area contributed by atoms with E-state index in [-0.39, 0.29) is 67.1 Å². The number of fused-ring (bicyclic) bond motifs is 2. The van der Waals surface area contributed by atoms with E-state index < -0.39 is 28.3 Å². The van der Waals surface area contributed by atoms with E-state index in [4.69, 9.17) is 28.4 Å². The molecule has 5 rings (SSSR count). The Balaban J connectivity index is 1.20. The van der Waals surface area contributed by atoms with Crippen LogP contribution >= 0.6 is 0 Å². The van der Waals surface area contributed by atoms with Crippen LogP contribution in [0.25, 0.3) is 0 Å². The monoisotopic (exact) mass is 676 g/mol. The molecule has 2 aromatic rings. The van der Waals surface area contributed by atoms with E-state index in [2.05, 4.69) is 5.32 Å². The second-order valence-electron chi connectivity index (χ2n) is 13.1. The number of amides is 1. The van der Waals surface area contributed by atoms with Crippen LogP contribution in [0.2, 0.25) is 0 Å². The molecule has 2 aliphatic heterocycles. The highest BCUT2D eigenvalue weighted by Crippen LogP contribution is 2.50. The van der Waals surface area contributed by atoms with Gasteiger partial charge in [-0.2, -0.15) is 4.31 Å². The van der Waals surface area contributed by atoms with Crippen molar-refractivity contribution in [3.05, 3.63) is 60.2 Å². The van der Waals surface area contributed by atoms with Crippen molar-refractivity contribution in [1.29, 1.82) is 0 Å². The molecule has 1 aliphatic carbocycles. The van der Waals surface area contributed by atoms with E-state index in [0.29, 0.717) is 18.8 Å². The number of hydrogen-bond acceptors (Lipinski definition) is 10. The molecule has 47 heavy (non-hydrogen) atoms. The Bertz CT molecular complexity index is 1410. The van der Waals surface area contributed by atoms with Crippen molar-refractivity contribution < 1.29 is 46.7 Å². The molecule has 2 aromatic carbocycles. The number of aliphatic hydroxyl groups excluding tert-OH is 1. The minimum atomic E-state index is -3.97. The van der Waals surface area contributed by atoms with Crippen molar-refractivity contribution in [3.63, 3.8) is 0 Å². The molecule has 12 nitrogen and oxygen atoms in total. The standard InChI is InChI=1S/C34H48N2O10S/c1-23(2)19-36(47(39,40)27-12-10-25(41-3)11-13-27)20-30(37)29(16-24-8-6-5-7-9-24)35-33(38)45-22-44-26-17-28-31(18-26)43-21-34(28)15-14-32(42-4)46-34/h5-13,23,26,28-32,37H,14-22H2,1-4H3,(H,35,38)/t26-,28+,29+,30-,31-,32-,34?/m1/s1. The summed E-state index contributed by atoms with van der Waals surface area (Å²) >= 11 is 0. The zero-order valence-corrected chi connectivity index (χ0v) is 28.4. The fraction of sp³-hybridized carbons (Fsp3) is 0.618. The van der Waals surface area contributed by atoms with Gasteiger partial charge in [-0.05, 0) is 55.0 Å². The van der Waals surface area contributed by atoms with E-state index >= 15 is 0 Å². The third kappa shape index (κ3) is 8.63. The lowest BCUT2D eigenvalue weighted by Crippen LogP contribution is -2.51. The molecule has 1 amide bonds. The van der Waals surface area contributed by atoms with Gasteiger partial charge in [-0.25, -0.2) is 13.2 Å². The van der Waals surface area contributed by atoms with E-state index in [1.54, 1.807) is 19.2 Å². The van der Waals surface area contributed by atoms with Crippen LogP contribution in [0.5, 0.6) is 5.75 Å². The number of hydrogen-bond donors (Lipinski definition) is 2. The first kappa shape index (κ1) is 35.5. The Morgan fingerprint density at radius 3 is 2.49 bits per heavy atom. The molecule has 13 heteroatoms. The predicted octanol–water partition coefficient (Wildman–Crippen LogP) is 3.71. The molecule has 7 atom stereocenters. The second kappa shape index (κ2) is 15.6. The van der Waals surface area contributed by atoms with Crippen LogP contribution in [-0.2, 0) is 40.1 Å². The Kier molecular flexibility index (Phi) is 11.8. The summed E-state index contributed by atoms with van der Waals surface area (Å²) in [7, 11) is -0.810. The van der Waals surface area contributed by atoms with Gasteiger partial charge in [0.05, 0.1) is 43.0 Å². The van der Waals surface area contributed by atoms with Gasteiger partial charge >= 0.3 is 6.09 Å². The fourth-order valence-electron chi connectivity index (χ4n) is 6.91. The van der Waals surface area contributed by atoms with Crippen molar-refractivity contribution in [2.24, 2.45) is 11.8 Å². The molecule has 1 unspecified atom stereocenters. The predicted molar refractivity (Wildman–Crippen MR) is 172 cm³/mol. The summed E-state index contributed by atoms with van der Waals surface area (Å²) in [5, 5.41) is 14.2. The van der Waals surface area contributed by atoms with Gasteiger partial charge in [0.25, 0.3) is 0 Å². The van der Waals surface area contributed by atoms with Gasteiger partial charge in [0.2, 0.25) is 10.0 Å². The Hall–Kier alpha value is -2.78. The fourth-order valence-corrected chi connectivity index (χ4v) is 8.53. The van der Waals surface area contributed by atoms with Crippen molar-refractivity contribution >= 4 is 16.1 Å². The topological polar surface area (TPSA) is 142 Å². The highest BCUT2D eigenvalue weighted by Gasteiger charge is 2.58. The molecule has 2 saturated heterocycles. The van der Waals surface area contributed by atoms with Crippen LogP contribution in [-0.4, -0.2) is 101 Å². The first-order valence-electron chi connectivity index (χ1n) is 16.3. The summed E-state index contributed by atoms with van der Waals surface area (Å²) in [4.78, 5) is 13.1. The van der Waals surface area contributed by atoms with Gasteiger partial charge in [-0.3, -0.25) is 0 Å². The third-order valence-corrected chi connectivity index (χ3v) is 11.2. The van der Waals surface area contributed by atoms with Gasteiger partial charge in [0, 0.05) is 39.0 Å². The number of benzene rings is 2. The van der Waals surface area contributed by atoms with Crippen molar-refractivity contribution in [3.8, 4) is 5.75 Å². The molecule has 260 valence electrons. The smallest absolute Gasteiger partial charge is 0.409 e. The van der Waals surface area contributed by atoms with Gasteiger partial charge in [-0.1, -0.05) is 44.2 Å². The van der Waals surface area contributed by atoms with Gasteiger partial charge in [0.1, 0.15) is 11.4 Å². The molecular formula is C34H48N2O10S. The normalized spacial score (nSPS) is 26.9. The third-order valence-electron chi connectivity index (χ3n) is 9.33. The average molecular weight is 677 g/mol. The summed E-state index contributed by atoms with van der Waals surface area (Å²) in [5.41, 5.74) is 0.505. The number of carbonyl (C=O) groups is 1. The van der Waals surface area contributed by atoms with Gasteiger partial charge in [0.15, 0.2) is 13.1 Å². The molecule has 3 fully saturated rings. The minimum absolute atomic E-state index is 0.0186. The van der Waals surface area contributed by atoms with Crippen molar-refractivity contribution in [2.45, 2.75) is 87.1 Å². The number of nitrogens with one attached hydrogen (secondary N) is 1. The zero-order valence-electron chi connectivity index (χ0n) is 27.6.